The van der Waals surface area contributed by atoms with Gasteiger partial charge in [0.1, 0.15) is 5.75 Å². The average molecular weight is 429 g/mol. The van der Waals surface area contributed by atoms with E-state index in [0.29, 0.717) is 30.9 Å². The van der Waals surface area contributed by atoms with Crippen molar-refractivity contribution in [3.8, 4) is 5.75 Å². The highest BCUT2D eigenvalue weighted by Gasteiger charge is 2.13. The molecule has 0 bridgehead atoms. The number of halogens is 5. The Morgan fingerprint density at radius 2 is 1.71 bits per heavy atom. The van der Waals surface area contributed by atoms with E-state index in [1.807, 2.05) is 0 Å². The topological polar surface area (TPSA) is 26.3 Å². The zero-order chi connectivity index (χ0) is 15.6. The molecule has 0 aliphatic carbocycles. The fourth-order valence-electron chi connectivity index (χ4n) is 1.55. The molecule has 0 radical (unpaired) electrons. The van der Waals surface area contributed by atoms with Gasteiger partial charge in [0.2, 0.25) is 5.78 Å². The molecule has 0 spiro atoms. The summed E-state index contributed by atoms with van der Waals surface area (Å²) >= 11 is 27.0. The lowest BCUT2D eigenvalue weighted by Gasteiger charge is -2.09. The molecule has 2 aromatic carbocycles. The molecule has 2 rings (SSSR count). The van der Waals surface area contributed by atoms with Crippen LogP contribution in [-0.2, 0) is 0 Å². The van der Waals surface area contributed by atoms with Crippen molar-refractivity contribution < 1.29 is 9.53 Å². The zero-order valence-electron chi connectivity index (χ0n) is 10.3. The predicted octanol–water partition coefficient (Wildman–Crippen LogP) is 6.32. The van der Waals surface area contributed by atoms with Gasteiger partial charge in [0.05, 0.1) is 15.1 Å². The van der Waals surface area contributed by atoms with Crippen LogP contribution in [0.4, 0.5) is 0 Å². The van der Waals surface area contributed by atoms with Crippen molar-refractivity contribution in [1.29, 1.82) is 0 Å². The van der Waals surface area contributed by atoms with Gasteiger partial charge in [0, 0.05) is 21.1 Å². The minimum absolute atomic E-state index is 0.209. The van der Waals surface area contributed by atoms with Crippen LogP contribution in [0.3, 0.4) is 0 Å². The van der Waals surface area contributed by atoms with Crippen molar-refractivity contribution in [2.24, 2.45) is 0 Å². The highest BCUT2D eigenvalue weighted by Crippen LogP contribution is 2.34. The molecular weight excluding hydrogens is 422 g/mol. The van der Waals surface area contributed by atoms with Gasteiger partial charge in [-0.2, -0.15) is 0 Å². The minimum atomic E-state index is -0.285. The molecule has 0 aliphatic heterocycles. The Labute approximate surface area is 150 Å². The molecular formula is C14H7BrCl4O2. The maximum atomic E-state index is 12.1. The van der Waals surface area contributed by atoms with Crippen molar-refractivity contribution >= 4 is 68.1 Å². The normalized spacial score (nSPS) is 10.5. The summed E-state index contributed by atoms with van der Waals surface area (Å²) in [6, 6.07) is 7.76. The number of rotatable bonds is 4. The van der Waals surface area contributed by atoms with Crippen molar-refractivity contribution in [1.82, 2.24) is 0 Å². The molecule has 0 unspecified atom stereocenters. The number of ether oxygens (including phenoxy) is 1. The first kappa shape index (κ1) is 16.9. The molecule has 21 heavy (non-hydrogen) atoms. The Bertz CT molecular complexity index is 704. The third-order valence-corrected chi connectivity index (χ3v) is 4.61. The smallest absolute Gasteiger partial charge is 0.201 e. The number of Topliss-reactive ketones (excluding diaryl/α,β-unsaturated/α-hetero) is 1. The molecule has 0 heterocycles. The minimum Gasteiger partial charge on any atom is -0.484 e. The molecule has 0 fully saturated rings. The zero-order valence-corrected chi connectivity index (χ0v) is 14.9. The number of benzene rings is 2. The van der Waals surface area contributed by atoms with E-state index in [-0.39, 0.29) is 17.4 Å². The summed E-state index contributed by atoms with van der Waals surface area (Å²) in [6.45, 7) is -0.209. The van der Waals surface area contributed by atoms with Crippen LogP contribution in [-0.4, -0.2) is 12.4 Å². The third-order valence-electron chi connectivity index (χ3n) is 2.57. The quantitative estimate of drug-likeness (QED) is 0.420. The molecule has 2 nitrogen and oxygen atoms in total. The van der Waals surface area contributed by atoms with Crippen LogP contribution in [0.1, 0.15) is 10.4 Å². The van der Waals surface area contributed by atoms with Gasteiger partial charge in [-0.1, -0.05) is 46.4 Å². The van der Waals surface area contributed by atoms with Gasteiger partial charge in [-0.25, -0.2) is 0 Å². The van der Waals surface area contributed by atoms with E-state index >= 15 is 0 Å². The van der Waals surface area contributed by atoms with Gasteiger partial charge in [0.15, 0.2) is 6.61 Å². The highest BCUT2D eigenvalue weighted by atomic mass is 79.9. The van der Waals surface area contributed by atoms with Crippen molar-refractivity contribution in [2.45, 2.75) is 0 Å². The number of hydrogen-bond donors (Lipinski definition) is 0. The maximum Gasteiger partial charge on any atom is 0.201 e. The van der Waals surface area contributed by atoms with E-state index in [4.69, 9.17) is 51.1 Å². The molecule has 0 aromatic heterocycles. The van der Waals surface area contributed by atoms with Gasteiger partial charge in [-0.05, 0) is 40.2 Å². The molecule has 0 aliphatic rings. The second kappa shape index (κ2) is 7.21. The summed E-state index contributed by atoms with van der Waals surface area (Å²) in [5.41, 5.74) is 0.334. The second-order valence-corrected chi connectivity index (χ2v) is 6.55. The van der Waals surface area contributed by atoms with Crippen molar-refractivity contribution in [3.63, 3.8) is 0 Å². The third kappa shape index (κ3) is 4.27. The Morgan fingerprint density at radius 3 is 2.38 bits per heavy atom. The van der Waals surface area contributed by atoms with Crippen LogP contribution in [0.25, 0.3) is 0 Å². The summed E-state index contributed by atoms with van der Waals surface area (Å²) in [7, 11) is 0. The second-order valence-electron chi connectivity index (χ2n) is 4.03. The van der Waals surface area contributed by atoms with E-state index in [1.165, 1.54) is 12.1 Å². The number of hydrogen-bond acceptors (Lipinski definition) is 2. The fourth-order valence-corrected chi connectivity index (χ4v) is 2.91. The molecule has 110 valence electrons. The summed E-state index contributed by atoms with van der Waals surface area (Å²) in [4.78, 5) is 12.1. The standard InChI is InChI=1S/C14H7BrCl4O2/c15-9-4-12(19)14(5-11(9)18)21-6-13(20)8-2-1-7(16)3-10(8)17/h1-5H,6H2. The number of carbonyl (C=O) groups excluding carboxylic acids is 1. The molecule has 0 saturated heterocycles. The molecule has 0 atom stereocenters. The Hall–Kier alpha value is -0.450. The number of carbonyl (C=O) groups is 1. The first-order valence-electron chi connectivity index (χ1n) is 5.64. The van der Waals surface area contributed by atoms with Gasteiger partial charge >= 0.3 is 0 Å². The maximum absolute atomic E-state index is 12.1. The van der Waals surface area contributed by atoms with Gasteiger partial charge in [0.25, 0.3) is 0 Å². The van der Waals surface area contributed by atoms with Gasteiger partial charge in [-0.3, -0.25) is 4.79 Å². The first-order chi connectivity index (χ1) is 9.88. The van der Waals surface area contributed by atoms with Crippen LogP contribution >= 0.6 is 62.3 Å². The van der Waals surface area contributed by atoms with E-state index in [2.05, 4.69) is 15.9 Å². The molecule has 7 heteroatoms. The predicted molar refractivity (Wildman–Crippen MR) is 90.4 cm³/mol. The highest BCUT2D eigenvalue weighted by molar-refractivity contribution is 9.10. The average Bonchev–Trinajstić information content (AvgIpc) is 2.41. The van der Waals surface area contributed by atoms with Crippen LogP contribution in [0.5, 0.6) is 5.75 Å². The molecule has 0 N–H and O–H groups in total. The van der Waals surface area contributed by atoms with Crippen LogP contribution in [0.2, 0.25) is 20.1 Å². The molecule has 0 saturated carbocycles. The molecule has 2 aromatic rings. The van der Waals surface area contributed by atoms with E-state index in [0.717, 1.165) is 0 Å². The Morgan fingerprint density at radius 1 is 1.00 bits per heavy atom. The van der Waals surface area contributed by atoms with E-state index < -0.39 is 0 Å². The van der Waals surface area contributed by atoms with Crippen molar-refractivity contribution in [2.75, 3.05) is 6.61 Å². The van der Waals surface area contributed by atoms with Crippen molar-refractivity contribution in [3.05, 3.63) is 60.5 Å². The Kier molecular flexibility index (Phi) is 5.81. The summed E-state index contributed by atoms with van der Waals surface area (Å²) in [6.07, 6.45) is 0. The summed E-state index contributed by atoms with van der Waals surface area (Å²) in [5.74, 6) is 0.0371. The van der Waals surface area contributed by atoms with Crippen LogP contribution in [0, 0.1) is 0 Å². The fraction of sp³-hybridized carbons (Fsp3) is 0.0714. The van der Waals surface area contributed by atoms with Gasteiger partial charge < -0.3 is 4.74 Å². The molecule has 0 amide bonds. The van der Waals surface area contributed by atoms with E-state index in [9.17, 15) is 4.79 Å². The van der Waals surface area contributed by atoms with Gasteiger partial charge in [-0.15, -0.1) is 0 Å². The lowest BCUT2D eigenvalue weighted by Crippen LogP contribution is -2.12. The van der Waals surface area contributed by atoms with E-state index in [1.54, 1.807) is 18.2 Å². The Balaban J connectivity index is 2.13. The lowest BCUT2D eigenvalue weighted by molar-refractivity contribution is 0.0922. The summed E-state index contributed by atoms with van der Waals surface area (Å²) in [5, 5.41) is 1.52. The lowest BCUT2D eigenvalue weighted by atomic mass is 10.1. The SMILES string of the molecule is O=C(COc1cc(Cl)c(Br)cc1Cl)c1ccc(Cl)cc1Cl. The van der Waals surface area contributed by atoms with Crippen LogP contribution in [0.15, 0.2) is 34.8 Å². The summed E-state index contributed by atoms with van der Waals surface area (Å²) < 4.78 is 6.04. The monoisotopic (exact) mass is 426 g/mol. The first-order valence-corrected chi connectivity index (χ1v) is 7.94. The van der Waals surface area contributed by atoms with Crippen LogP contribution < -0.4 is 4.74 Å². The largest absolute Gasteiger partial charge is 0.484 e. The number of ketones is 1.